The molecular weight excluding hydrogens is 257 g/mol. The molecule has 96 valence electrons. The summed E-state index contributed by atoms with van der Waals surface area (Å²) in [7, 11) is 0. The number of hydrogen-bond donors (Lipinski definition) is 1. The fourth-order valence-electron chi connectivity index (χ4n) is 2.49. The third-order valence-corrected chi connectivity index (χ3v) is 4.49. The van der Waals surface area contributed by atoms with E-state index >= 15 is 0 Å². The number of rotatable bonds is 4. The predicted molar refractivity (Wildman–Crippen MR) is 72.8 cm³/mol. The van der Waals surface area contributed by atoms with E-state index in [1.807, 2.05) is 12.1 Å². The van der Waals surface area contributed by atoms with E-state index in [1.54, 1.807) is 6.92 Å². The second kappa shape index (κ2) is 5.68. The Morgan fingerprint density at radius 3 is 2.94 bits per heavy atom. The van der Waals surface area contributed by atoms with Gasteiger partial charge in [-0.3, -0.25) is 0 Å². The van der Waals surface area contributed by atoms with Gasteiger partial charge in [0.25, 0.3) is 0 Å². The van der Waals surface area contributed by atoms with Gasteiger partial charge in [-0.15, -0.1) is 11.3 Å². The fraction of sp³-hybridized carbons (Fsp3) is 0.692. The molecule has 2 heterocycles. The lowest BCUT2D eigenvalue weighted by Gasteiger charge is -2.29. The van der Waals surface area contributed by atoms with Crippen molar-refractivity contribution in [2.24, 2.45) is 0 Å². The topological polar surface area (TPSA) is 12.0 Å². The molecule has 1 aliphatic heterocycles. The van der Waals surface area contributed by atoms with Gasteiger partial charge in [0.2, 0.25) is 0 Å². The molecular formula is C13H19ClFNS. The van der Waals surface area contributed by atoms with Gasteiger partial charge in [0.1, 0.15) is 5.67 Å². The SMILES string of the molecule is CC(F)(Cc1ccc(Cl)s1)CC1CCCCN1. The Hall–Kier alpha value is -0.120. The number of piperidine rings is 1. The number of halogens is 2. The molecule has 2 atom stereocenters. The first kappa shape index (κ1) is 13.3. The lowest BCUT2D eigenvalue weighted by molar-refractivity contribution is 0.147. The molecule has 1 N–H and O–H groups in total. The summed E-state index contributed by atoms with van der Waals surface area (Å²) in [5, 5.41) is 3.40. The van der Waals surface area contributed by atoms with Crippen LogP contribution in [0.5, 0.6) is 0 Å². The van der Waals surface area contributed by atoms with Crippen LogP contribution in [-0.4, -0.2) is 18.3 Å². The van der Waals surface area contributed by atoms with Crippen molar-refractivity contribution in [1.82, 2.24) is 5.32 Å². The first-order valence-electron chi connectivity index (χ1n) is 6.22. The van der Waals surface area contributed by atoms with Crippen LogP contribution in [-0.2, 0) is 6.42 Å². The number of hydrogen-bond acceptors (Lipinski definition) is 2. The van der Waals surface area contributed by atoms with Gasteiger partial charge >= 0.3 is 0 Å². The molecule has 1 aromatic heterocycles. The van der Waals surface area contributed by atoms with Gasteiger partial charge in [0.15, 0.2) is 0 Å². The van der Waals surface area contributed by atoms with Crippen LogP contribution in [0.25, 0.3) is 0 Å². The van der Waals surface area contributed by atoms with E-state index in [9.17, 15) is 4.39 Å². The second-order valence-electron chi connectivity index (χ2n) is 5.15. The lowest BCUT2D eigenvalue weighted by Crippen LogP contribution is -2.39. The zero-order chi connectivity index (χ0) is 12.3. The fourth-order valence-corrected chi connectivity index (χ4v) is 3.75. The third kappa shape index (κ3) is 4.23. The highest BCUT2D eigenvalue weighted by Crippen LogP contribution is 2.30. The molecule has 1 aliphatic rings. The molecule has 2 unspecified atom stereocenters. The van der Waals surface area contributed by atoms with Gasteiger partial charge in [-0.25, -0.2) is 4.39 Å². The molecule has 0 radical (unpaired) electrons. The molecule has 1 nitrogen and oxygen atoms in total. The van der Waals surface area contributed by atoms with Crippen molar-refractivity contribution in [3.63, 3.8) is 0 Å². The molecule has 4 heteroatoms. The maximum atomic E-state index is 14.5. The molecule has 1 saturated heterocycles. The summed E-state index contributed by atoms with van der Waals surface area (Å²) in [6, 6.07) is 4.12. The quantitative estimate of drug-likeness (QED) is 0.868. The molecule has 1 fully saturated rings. The minimum absolute atomic E-state index is 0.342. The van der Waals surface area contributed by atoms with Crippen molar-refractivity contribution in [2.75, 3.05) is 6.54 Å². The van der Waals surface area contributed by atoms with Crippen molar-refractivity contribution in [3.05, 3.63) is 21.3 Å². The van der Waals surface area contributed by atoms with E-state index in [-0.39, 0.29) is 0 Å². The van der Waals surface area contributed by atoms with E-state index < -0.39 is 5.67 Å². The van der Waals surface area contributed by atoms with Crippen molar-refractivity contribution < 1.29 is 4.39 Å². The van der Waals surface area contributed by atoms with Crippen molar-refractivity contribution >= 4 is 22.9 Å². The summed E-state index contributed by atoms with van der Waals surface area (Å²) in [5.41, 5.74) is -1.14. The largest absolute Gasteiger partial charge is 0.314 e. The van der Waals surface area contributed by atoms with Gasteiger partial charge in [-0.1, -0.05) is 18.0 Å². The van der Waals surface area contributed by atoms with Crippen LogP contribution >= 0.6 is 22.9 Å². The first-order valence-corrected chi connectivity index (χ1v) is 7.41. The van der Waals surface area contributed by atoms with E-state index in [4.69, 9.17) is 11.6 Å². The average Bonchev–Trinajstić information content (AvgIpc) is 2.63. The van der Waals surface area contributed by atoms with Gasteiger partial charge in [0, 0.05) is 17.3 Å². The minimum atomic E-state index is -1.14. The Morgan fingerprint density at radius 1 is 1.53 bits per heavy atom. The highest BCUT2D eigenvalue weighted by molar-refractivity contribution is 7.16. The summed E-state index contributed by atoms with van der Waals surface area (Å²) in [6.07, 6.45) is 4.62. The Bertz CT molecular complexity index is 358. The molecule has 0 saturated carbocycles. The third-order valence-electron chi connectivity index (χ3n) is 3.26. The number of nitrogens with one attached hydrogen (secondary N) is 1. The van der Waals surface area contributed by atoms with Crippen LogP contribution in [0.15, 0.2) is 12.1 Å². The average molecular weight is 276 g/mol. The molecule has 17 heavy (non-hydrogen) atoms. The lowest BCUT2D eigenvalue weighted by atomic mass is 9.90. The summed E-state index contributed by atoms with van der Waals surface area (Å²) < 4.78 is 15.2. The molecule has 0 bridgehead atoms. The first-order chi connectivity index (χ1) is 8.05. The molecule has 1 aromatic rings. The normalized spacial score (nSPS) is 24.5. The maximum absolute atomic E-state index is 14.5. The van der Waals surface area contributed by atoms with E-state index in [0.29, 0.717) is 18.9 Å². The zero-order valence-electron chi connectivity index (χ0n) is 10.1. The van der Waals surface area contributed by atoms with Crippen molar-refractivity contribution in [2.45, 2.75) is 50.7 Å². The predicted octanol–water partition coefficient (Wildman–Crippen LogP) is 4.20. The van der Waals surface area contributed by atoms with Crippen LogP contribution < -0.4 is 5.32 Å². The molecule has 0 aromatic carbocycles. The summed E-state index contributed by atoms with van der Waals surface area (Å²) in [4.78, 5) is 1.04. The second-order valence-corrected chi connectivity index (χ2v) is 6.95. The van der Waals surface area contributed by atoms with Crippen LogP contribution in [0.2, 0.25) is 4.34 Å². The van der Waals surface area contributed by atoms with Crippen LogP contribution in [0.4, 0.5) is 4.39 Å². The molecule has 0 spiro atoms. The maximum Gasteiger partial charge on any atom is 0.114 e. The van der Waals surface area contributed by atoms with Gasteiger partial charge < -0.3 is 5.32 Å². The standard InChI is InChI=1S/C13H19ClFNS/c1-13(15,8-10-4-2-3-7-16-10)9-11-5-6-12(14)17-11/h5-6,10,16H,2-4,7-9H2,1H3. The van der Waals surface area contributed by atoms with Crippen LogP contribution in [0.3, 0.4) is 0 Å². The van der Waals surface area contributed by atoms with Gasteiger partial charge in [-0.2, -0.15) is 0 Å². The van der Waals surface area contributed by atoms with Crippen LogP contribution in [0, 0.1) is 0 Å². The van der Waals surface area contributed by atoms with Gasteiger partial charge in [-0.05, 0) is 44.9 Å². The van der Waals surface area contributed by atoms with E-state index in [1.165, 1.54) is 24.2 Å². The van der Waals surface area contributed by atoms with E-state index in [2.05, 4.69) is 5.32 Å². The number of alkyl halides is 1. The molecule has 0 amide bonds. The minimum Gasteiger partial charge on any atom is -0.314 e. The summed E-state index contributed by atoms with van der Waals surface area (Å²) in [6.45, 7) is 2.74. The number of thiophene rings is 1. The van der Waals surface area contributed by atoms with Crippen molar-refractivity contribution in [3.8, 4) is 0 Å². The van der Waals surface area contributed by atoms with Crippen molar-refractivity contribution in [1.29, 1.82) is 0 Å². The Labute approximate surface area is 111 Å². The molecule has 2 rings (SSSR count). The highest BCUT2D eigenvalue weighted by Gasteiger charge is 2.29. The van der Waals surface area contributed by atoms with E-state index in [0.717, 1.165) is 22.2 Å². The Morgan fingerprint density at radius 2 is 2.35 bits per heavy atom. The monoisotopic (exact) mass is 275 g/mol. The van der Waals surface area contributed by atoms with Gasteiger partial charge in [0.05, 0.1) is 4.34 Å². The smallest absolute Gasteiger partial charge is 0.114 e. The van der Waals surface area contributed by atoms with Crippen LogP contribution in [0.1, 0.15) is 37.5 Å². The summed E-state index contributed by atoms with van der Waals surface area (Å²) >= 11 is 7.35. The zero-order valence-corrected chi connectivity index (χ0v) is 11.7. The Kier molecular flexibility index (Phi) is 4.45. The molecule has 0 aliphatic carbocycles. The summed E-state index contributed by atoms with van der Waals surface area (Å²) in [5.74, 6) is 0. The Balaban J connectivity index is 1.88. The highest BCUT2D eigenvalue weighted by atomic mass is 35.5.